The SMILES string of the molecule is Cc1cccc(-n2cnc3cc(C(=O)NCc4ccncc4)ccc32)c1. The standard InChI is InChI=1S/C21H18N4O/c1-15-3-2-4-18(11-15)25-14-24-19-12-17(5-6-20(19)25)21(26)23-13-16-7-9-22-10-8-16/h2-12,14H,13H2,1H3,(H,23,26). The number of hydrogen-bond acceptors (Lipinski definition) is 3. The molecule has 0 aliphatic heterocycles. The molecule has 2 heterocycles. The van der Waals surface area contributed by atoms with Gasteiger partial charge in [-0.15, -0.1) is 0 Å². The van der Waals surface area contributed by atoms with Gasteiger partial charge in [0, 0.05) is 30.2 Å². The van der Waals surface area contributed by atoms with Gasteiger partial charge in [-0.3, -0.25) is 14.3 Å². The lowest BCUT2D eigenvalue weighted by Crippen LogP contribution is -2.22. The number of nitrogens with zero attached hydrogens (tertiary/aromatic N) is 3. The number of imidazole rings is 1. The summed E-state index contributed by atoms with van der Waals surface area (Å²) in [5.74, 6) is -0.117. The Labute approximate surface area is 151 Å². The Morgan fingerprint density at radius 3 is 2.73 bits per heavy atom. The molecule has 5 heteroatoms. The number of carbonyl (C=O) groups excluding carboxylic acids is 1. The third-order valence-corrected chi connectivity index (χ3v) is 4.29. The first-order valence-electron chi connectivity index (χ1n) is 8.42. The van der Waals surface area contributed by atoms with E-state index in [4.69, 9.17) is 0 Å². The molecule has 2 aromatic carbocycles. The Kier molecular flexibility index (Phi) is 4.19. The number of aryl methyl sites for hydroxylation is 1. The molecule has 0 fully saturated rings. The van der Waals surface area contributed by atoms with E-state index in [1.807, 2.05) is 47.0 Å². The summed E-state index contributed by atoms with van der Waals surface area (Å²) in [4.78, 5) is 20.9. The molecule has 4 aromatic rings. The number of pyridine rings is 1. The smallest absolute Gasteiger partial charge is 0.251 e. The quantitative estimate of drug-likeness (QED) is 0.616. The second kappa shape index (κ2) is 6.80. The maximum atomic E-state index is 12.4. The summed E-state index contributed by atoms with van der Waals surface area (Å²) >= 11 is 0. The van der Waals surface area contributed by atoms with Crippen LogP contribution < -0.4 is 5.32 Å². The maximum absolute atomic E-state index is 12.4. The zero-order chi connectivity index (χ0) is 17.9. The fourth-order valence-corrected chi connectivity index (χ4v) is 2.92. The van der Waals surface area contributed by atoms with Crippen LogP contribution >= 0.6 is 0 Å². The number of aromatic nitrogens is 3. The Hall–Kier alpha value is -3.47. The zero-order valence-corrected chi connectivity index (χ0v) is 14.4. The lowest BCUT2D eigenvalue weighted by Gasteiger charge is -2.07. The number of fused-ring (bicyclic) bond motifs is 1. The van der Waals surface area contributed by atoms with Gasteiger partial charge in [0.15, 0.2) is 0 Å². The molecule has 0 aliphatic carbocycles. The van der Waals surface area contributed by atoms with Gasteiger partial charge in [-0.2, -0.15) is 0 Å². The largest absolute Gasteiger partial charge is 0.348 e. The molecule has 0 bridgehead atoms. The molecule has 0 unspecified atom stereocenters. The number of rotatable bonds is 4. The van der Waals surface area contributed by atoms with Crippen LogP contribution in [0.5, 0.6) is 0 Å². The van der Waals surface area contributed by atoms with Crippen LogP contribution in [0.15, 0.2) is 73.3 Å². The van der Waals surface area contributed by atoms with E-state index >= 15 is 0 Å². The highest BCUT2D eigenvalue weighted by Crippen LogP contribution is 2.20. The molecule has 0 aliphatic rings. The van der Waals surface area contributed by atoms with E-state index in [1.54, 1.807) is 18.7 Å². The maximum Gasteiger partial charge on any atom is 0.251 e. The molecular formula is C21H18N4O. The van der Waals surface area contributed by atoms with Crippen LogP contribution in [0, 0.1) is 6.92 Å². The highest BCUT2D eigenvalue weighted by atomic mass is 16.1. The van der Waals surface area contributed by atoms with Crippen LogP contribution in [0.4, 0.5) is 0 Å². The minimum absolute atomic E-state index is 0.117. The fraction of sp³-hybridized carbons (Fsp3) is 0.0952. The van der Waals surface area contributed by atoms with Gasteiger partial charge < -0.3 is 5.32 Å². The predicted molar refractivity (Wildman–Crippen MR) is 101 cm³/mol. The third-order valence-electron chi connectivity index (χ3n) is 4.29. The summed E-state index contributed by atoms with van der Waals surface area (Å²) in [7, 11) is 0. The summed E-state index contributed by atoms with van der Waals surface area (Å²) < 4.78 is 2.03. The Morgan fingerprint density at radius 1 is 1.08 bits per heavy atom. The molecule has 5 nitrogen and oxygen atoms in total. The van der Waals surface area contributed by atoms with Crippen molar-refractivity contribution in [3.63, 3.8) is 0 Å². The van der Waals surface area contributed by atoms with E-state index in [9.17, 15) is 4.79 Å². The van der Waals surface area contributed by atoms with E-state index < -0.39 is 0 Å². The van der Waals surface area contributed by atoms with Crippen molar-refractivity contribution in [1.29, 1.82) is 0 Å². The Bertz CT molecular complexity index is 1070. The zero-order valence-electron chi connectivity index (χ0n) is 14.4. The molecule has 1 N–H and O–H groups in total. The van der Waals surface area contributed by atoms with E-state index in [1.165, 1.54) is 5.56 Å². The lowest BCUT2D eigenvalue weighted by atomic mass is 10.1. The molecule has 1 amide bonds. The number of hydrogen-bond donors (Lipinski definition) is 1. The molecule has 4 rings (SSSR count). The first kappa shape index (κ1) is 16.0. The highest BCUT2D eigenvalue weighted by Gasteiger charge is 2.10. The fourth-order valence-electron chi connectivity index (χ4n) is 2.92. The second-order valence-corrected chi connectivity index (χ2v) is 6.20. The average Bonchev–Trinajstić information content (AvgIpc) is 3.10. The van der Waals surface area contributed by atoms with Gasteiger partial charge in [-0.05, 0) is 60.5 Å². The van der Waals surface area contributed by atoms with Gasteiger partial charge in [-0.25, -0.2) is 4.98 Å². The minimum atomic E-state index is -0.117. The summed E-state index contributed by atoms with van der Waals surface area (Å²) in [5, 5.41) is 2.92. The van der Waals surface area contributed by atoms with E-state index in [0.717, 1.165) is 22.3 Å². The van der Waals surface area contributed by atoms with Crippen molar-refractivity contribution < 1.29 is 4.79 Å². The summed E-state index contributed by atoms with van der Waals surface area (Å²) in [5.41, 5.74) is 5.63. The monoisotopic (exact) mass is 342 g/mol. The van der Waals surface area contributed by atoms with Gasteiger partial charge in [0.2, 0.25) is 0 Å². The van der Waals surface area contributed by atoms with Crippen LogP contribution in [-0.2, 0) is 6.54 Å². The van der Waals surface area contributed by atoms with Gasteiger partial charge in [0.1, 0.15) is 6.33 Å². The molecule has 0 atom stereocenters. The van der Waals surface area contributed by atoms with Crippen molar-refractivity contribution in [3.8, 4) is 5.69 Å². The number of carbonyl (C=O) groups is 1. The van der Waals surface area contributed by atoms with Crippen molar-refractivity contribution >= 4 is 16.9 Å². The van der Waals surface area contributed by atoms with Gasteiger partial charge in [0.25, 0.3) is 5.91 Å². The summed E-state index contributed by atoms with van der Waals surface area (Å²) in [6.07, 6.45) is 5.22. The predicted octanol–water partition coefficient (Wildman–Crippen LogP) is 3.66. The molecule has 0 spiro atoms. The molecule has 128 valence electrons. The lowest BCUT2D eigenvalue weighted by molar-refractivity contribution is 0.0951. The number of benzene rings is 2. The first-order valence-corrected chi connectivity index (χ1v) is 8.42. The molecule has 26 heavy (non-hydrogen) atoms. The summed E-state index contributed by atoms with van der Waals surface area (Å²) in [6.45, 7) is 2.53. The van der Waals surface area contributed by atoms with Crippen LogP contribution in [0.1, 0.15) is 21.5 Å². The molecule has 2 aromatic heterocycles. The second-order valence-electron chi connectivity index (χ2n) is 6.20. The normalized spacial score (nSPS) is 10.8. The molecule has 0 radical (unpaired) electrons. The van der Waals surface area contributed by atoms with Crippen molar-refractivity contribution in [2.45, 2.75) is 13.5 Å². The van der Waals surface area contributed by atoms with Crippen LogP contribution in [-0.4, -0.2) is 20.4 Å². The molecular weight excluding hydrogens is 324 g/mol. The third kappa shape index (κ3) is 3.19. The molecule has 0 saturated carbocycles. The summed E-state index contributed by atoms with van der Waals surface area (Å²) in [6, 6.07) is 17.6. The van der Waals surface area contributed by atoms with E-state index in [0.29, 0.717) is 12.1 Å². The van der Waals surface area contributed by atoms with Crippen LogP contribution in [0.2, 0.25) is 0 Å². The highest BCUT2D eigenvalue weighted by molar-refractivity contribution is 5.97. The Balaban J connectivity index is 1.57. The van der Waals surface area contributed by atoms with Crippen LogP contribution in [0.3, 0.4) is 0 Å². The van der Waals surface area contributed by atoms with Crippen molar-refractivity contribution in [2.75, 3.05) is 0 Å². The van der Waals surface area contributed by atoms with Gasteiger partial charge >= 0.3 is 0 Å². The van der Waals surface area contributed by atoms with E-state index in [-0.39, 0.29) is 5.91 Å². The van der Waals surface area contributed by atoms with Gasteiger partial charge in [0.05, 0.1) is 11.0 Å². The van der Waals surface area contributed by atoms with Crippen molar-refractivity contribution in [2.24, 2.45) is 0 Å². The first-order chi connectivity index (χ1) is 12.7. The minimum Gasteiger partial charge on any atom is -0.348 e. The Morgan fingerprint density at radius 2 is 1.92 bits per heavy atom. The van der Waals surface area contributed by atoms with Crippen molar-refractivity contribution in [1.82, 2.24) is 19.9 Å². The van der Waals surface area contributed by atoms with Crippen molar-refractivity contribution in [3.05, 3.63) is 90.0 Å². The molecule has 0 saturated heterocycles. The van der Waals surface area contributed by atoms with Crippen LogP contribution in [0.25, 0.3) is 16.7 Å². The van der Waals surface area contributed by atoms with E-state index in [2.05, 4.69) is 34.3 Å². The number of nitrogens with one attached hydrogen (secondary N) is 1. The number of amides is 1. The topological polar surface area (TPSA) is 59.8 Å². The average molecular weight is 342 g/mol. The van der Waals surface area contributed by atoms with Gasteiger partial charge in [-0.1, -0.05) is 12.1 Å².